The molecule has 38 heavy (non-hydrogen) atoms. The third-order valence-electron chi connectivity index (χ3n) is 6.64. The first-order valence-electron chi connectivity index (χ1n) is 12.4. The summed E-state index contributed by atoms with van der Waals surface area (Å²) >= 11 is 6.66. The number of thioether (sulfide) groups is 1. The second kappa shape index (κ2) is 11.2. The molecule has 0 bridgehead atoms. The molecule has 0 spiro atoms. The SMILES string of the molecule is COCCCN1C(=O)/C(=C/c2c(N3CCN(c4ccc(F)cc4)CC3)nc3ccc(C)cn3c2=O)SC1=S. The van der Waals surface area contributed by atoms with E-state index in [0.717, 1.165) is 11.3 Å². The Morgan fingerprint density at radius 2 is 1.79 bits per heavy atom. The summed E-state index contributed by atoms with van der Waals surface area (Å²) in [4.78, 5) is 38.0. The van der Waals surface area contributed by atoms with Gasteiger partial charge in [-0.15, -0.1) is 0 Å². The zero-order chi connectivity index (χ0) is 26.8. The van der Waals surface area contributed by atoms with Crippen molar-refractivity contribution in [3.63, 3.8) is 0 Å². The highest BCUT2D eigenvalue weighted by molar-refractivity contribution is 8.26. The molecule has 2 saturated heterocycles. The largest absolute Gasteiger partial charge is 0.385 e. The Kier molecular flexibility index (Phi) is 7.78. The fourth-order valence-electron chi connectivity index (χ4n) is 4.63. The summed E-state index contributed by atoms with van der Waals surface area (Å²) in [5.74, 6) is 0.0661. The minimum Gasteiger partial charge on any atom is -0.385 e. The number of amides is 1. The number of ether oxygens (including phenoxy) is 1. The number of nitrogens with zero attached hydrogens (tertiary/aromatic N) is 5. The number of anilines is 2. The van der Waals surface area contributed by atoms with Crippen LogP contribution in [0.1, 0.15) is 17.5 Å². The molecule has 0 aliphatic carbocycles. The van der Waals surface area contributed by atoms with Crippen molar-refractivity contribution in [2.75, 3.05) is 56.2 Å². The van der Waals surface area contributed by atoms with Crippen molar-refractivity contribution in [2.45, 2.75) is 13.3 Å². The molecule has 0 saturated carbocycles. The highest BCUT2D eigenvalue weighted by Gasteiger charge is 2.33. The van der Waals surface area contributed by atoms with Gasteiger partial charge in [0, 0.05) is 58.3 Å². The van der Waals surface area contributed by atoms with Crippen LogP contribution in [-0.4, -0.2) is 71.0 Å². The van der Waals surface area contributed by atoms with E-state index in [1.165, 1.54) is 28.3 Å². The van der Waals surface area contributed by atoms with Gasteiger partial charge in [-0.3, -0.25) is 18.9 Å². The molecule has 0 N–H and O–H groups in total. The predicted octanol–water partition coefficient (Wildman–Crippen LogP) is 3.71. The van der Waals surface area contributed by atoms with Gasteiger partial charge in [0.25, 0.3) is 11.5 Å². The van der Waals surface area contributed by atoms with Crippen LogP contribution in [-0.2, 0) is 9.53 Å². The van der Waals surface area contributed by atoms with Crippen molar-refractivity contribution in [2.24, 2.45) is 0 Å². The van der Waals surface area contributed by atoms with Gasteiger partial charge in [-0.05, 0) is 55.3 Å². The molecule has 2 aromatic heterocycles. The number of aromatic nitrogens is 2. The molecular formula is C27H28FN5O3S2. The molecule has 2 fully saturated rings. The molecule has 3 aromatic rings. The van der Waals surface area contributed by atoms with Crippen molar-refractivity contribution >= 4 is 57.4 Å². The summed E-state index contributed by atoms with van der Waals surface area (Å²) in [7, 11) is 1.62. The number of hydrogen-bond donors (Lipinski definition) is 0. The molecule has 11 heteroatoms. The van der Waals surface area contributed by atoms with Gasteiger partial charge in [-0.1, -0.05) is 30.0 Å². The average molecular weight is 554 g/mol. The molecule has 0 radical (unpaired) electrons. The number of hydrogen-bond acceptors (Lipinski definition) is 8. The van der Waals surface area contributed by atoms with Crippen molar-refractivity contribution in [1.29, 1.82) is 0 Å². The summed E-state index contributed by atoms with van der Waals surface area (Å²) in [5, 5.41) is 0. The lowest BCUT2D eigenvalue weighted by Gasteiger charge is -2.37. The van der Waals surface area contributed by atoms with E-state index in [1.807, 2.05) is 19.1 Å². The zero-order valence-corrected chi connectivity index (χ0v) is 22.9. The van der Waals surface area contributed by atoms with Crippen LogP contribution in [0.5, 0.6) is 0 Å². The van der Waals surface area contributed by atoms with Gasteiger partial charge in [0.2, 0.25) is 0 Å². The maximum atomic E-state index is 13.8. The van der Waals surface area contributed by atoms with Crippen LogP contribution in [0.25, 0.3) is 11.7 Å². The number of fused-ring (bicyclic) bond motifs is 1. The van der Waals surface area contributed by atoms with E-state index < -0.39 is 0 Å². The molecule has 198 valence electrons. The minimum atomic E-state index is -0.266. The van der Waals surface area contributed by atoms with Crippen molar-refractivity contribution in [1.82, 2.24) is 14.3 Å². The van der Waals surface area contributed by atoms with Crippen LogP contribution in [0.15, 0.2) is 52.3 Å². The topological polar surface area (TPSA) is 70.4 Å². The van der Waals surface area contributed by atoms with E-state index >= 15 is 0 Å². The van der Waals surface area contributed by atoms with E-state index in [2.05, 4.69) is 9.80 Å². The molecule has 2 aliphatic heterocycles. The molecule has 0 unspecified atom stereocenters. The first-order valence-corrected chi connectivity index (χ1v) is 13.6. The van der Waals surface area contributed by atoms with Crippen molar-refractivity contribution in [3.05, 3.63) is 74.8 Å². The van der Waals surface area contributed by atoms with Crippen molar-refractivity contribution in [3.8, 4) is 0 Å². The van der Waals surface area contributed by atoms with Crippen LogP contribution in [0.4, 0.5) is 15.9 Å². The number of methoxy groups -OCH3 is 1. The maximum absolute atomic E-state index is 13.8. The number of benzene rings is 1. The number of carbonyl (C=O) groups excluding carboxylic acids is 1. The highest BCUT2D eigenvalue weighted by Crippen LogP contribution is 2.34. The zero-order valence-electron chi connectivity index (χ0n) is 21.2. The fourth-order valence-corrected chi connectivity index (χ4v) is 5.92. The standard InChI is InChI=1S/C27H28FN5O3S2/c1-18-4-9-23-29-24(31-13-11-30(12-14-31)20-7-5-19(28)6-8-20)21(25(34)33(23)17-18)16-22-26(35)32(27(37)38-22)10-3-15-36-2/h4-9,16-17H,3,10-15H2,1-2H3/b22-16-. The second-order valence-corrected chi connectivity index (χ2v) is 10.9. The van der Waals surface area contributed by atoms with E-state index in [1.54, 1.807) is 36.4 Å². The number of piperazine rings is 1. The Balaban J connectivity index is 1.49. The summed E-state index contributed by atoms with van der Waals surface area (Å²) < 4.78 is 20.5. The summed E-state index contributed by atoms with van der Waals surface area (Å²) in [5.41, 5.74) is 2.55. The first-order chi connectivity index (χ1) is 18.4. The lowest BCUT2D eigenvalue weighted by molar-refractivity contribution is -0.122. The number of pyridine rings is 1. The first kappa shape index (κ1) is 26.3. The highest BCUT2D eigenvalue weighted by atomic mass is 32.2. The lowest BCUT2D eigenvalue weighted by atomic mass is 10.2. The van der Waals surface area contributed by atoms with Gasteiger partial charge in [0.05, 0.1) is 10.5 Å². The maximum Gasteiger partial charge on any atom is 0.267 e. The molecule has 8 nitrogen and oxygen atoms in total. The normalized spacial score (nSPS) is 17.3. The van der Waals surface area contributed by atoms with Crippen LogP contribution in [0.2, 0.25) is 0 Å². The monoisotopic (exact) mass is 553 g/mol. The van der Waals surface area contributed by atoms with Gasteiger partial charge in [0.1, 0.15) is 21.6 Å². The van der Waals surface area contributed by atoms with E-state index in [9.17, 15) is 14.0 Å². The lowest BCUT2D eigenvalue weighted by Crippen LogP contribution is -2.47. The molecule has 5 rings (SSSR count). The third-order valence-corrected chi connectivity index (χ3v) is 8.01. The molecule has 1 amide bonds. The second-order valence-electron chi connectivity index (χ2n) is 9.22. The molecule has 1 aromatic carbocycles. The van der Waals surface area contributed by atoms with E-state index in [0.29, 0.717) is 72.0 Å². The van der Waals surface area contributed by atoms with Crippen LogP contribution < -0.4 is 15.4 Å². The van der Waals surface area contributed by atoms with Gasteiger partial charge < -0.3 is 14.5 Å². The van der Waals surface area contributed by atoms with Gasteiger partial charge in [-0.25, -0.2) is 9.37 Å². The predicted molar refractivity (Wildman–Crippen MR) is 153 cm³/mol. The van der Waals surface area contributed by atoms with E-state index in [-0.39, 0.29) is 17.3 Å². The van der Waals surface area contributed by atoms with Gasteiger partial charge in [0.15, 0.2) is 0 Å². The van der Waals surface area contributed by atoms with Crippen LogP contribution in [0.3, 0.4) is 0 Å². The Hall–Kier alpha value is -3.28. The summed E-state index contributed by atoms with van der Waals surface area (Å²) in [6.07, 6.45) is 4.06. The van der Waals surface area contributed by atoms with Gasteiger partial charge >= 0.3 is 0 Å². The van der Waals surface area contributed by atoms with Crippen molar-refractivity contribution < 1.29 is 13.9 Å². The quantitative estimate of drug-likeness (QED) is 0.249. The smallest absolute Gasteiger partial charge is 0.267 e. The minimum absolute atomic E-state index is 0.211. The number of thiocarbonyl (C=S) groups is 1. The number of rotatable bonds is 7. The fraction of sp³-hybridized carbons (Fsp3) is 0.333. The average Bonchev–Trinajstić information content (AvgIpc) is 3.18. The Morgan fingerprint density at radius 1 is 1.08 bits per heavy atom. The number of halogens is 1. The van der Waals surface area contributed by atoms with Crippen LogP contribution >= 0.6 is 24.0 Å². The Morgan fingerprint density at radius 3 is 2.50 bits per heavy atom. The molecule has 4 heterocycles. The molecule has 0 atom stereocenters. The van der Waals surface area contributed by atoms with Crippen LogP contribution in [0, 0.1) is 12.7 Å². The Bertz CT molecular complexity index is 1470. The summed E-state index contributed by atoms with van der Waals surface area (Å²) in [6, 6.07) is 10.2. The number of aryl methyl sites for hydroxylation is 1. The number of carbonyl (C=O) groups is 1. The van der Waals surface area contributed by atoms with Gasteiger partial charge in [-0.2, -0.15) is 0 Å². The molecule has 2 aliphatic rings. The molecular weight excluding hydrogens is 525 g/mol. The Labute approximate surface area is 229 Å². The third kappa shape index (κ3) is 5.31. The summed E-state index contributed by atoms with van der Waals surface area (Å²) in [6.45, 7) is 5.50. The van der Waals surface area contributed by atoms with E-state index in [4.69, 9.17) is 21.9 Å².